The van der Waals surface area contributed by atoms with E-state index in [-0.39, 0.29) is 11.8 Å². The minimum absolute atomic E-state index is 0.223. The molecule has 3 heterocycles. The van der Waals surface area contributed by atoms with Crippen molar-refractivity contribution in [3.05, 3.63) is 0 Å². The maximum absolute atomic E-state index is 12.8. The number of likely N-dealkylation sites (N-methyl/N-ethyl adjacent to an activating group) is 1. The van der Waals surface area contributed by atoms with E-state index in [0.717, 1.165) is 84.6 Å². The second kappa shape index (κ2) is 9.18. The van der Waals surface area contributed by atoms with Gasteiger partial charge in [0.15, 0.2) is 0 Å². The molecule has 0 N–H and O–H groups in total. The zero-order chi connectivity index (χ0) is 18.5. The van der Waals surface area contributed by atoms with Gasteiger partial charge in [0.05, 0.1) is 0 Å². The van der Waals surface area contributed by atoms with E-state index in [4.69, 9.17) is 0 Å². The smallest absolute Gasteiger partial charge is 0.225 e. The number of amides is 2. The third-order valence-electron chi connectivity index (χ3n) is 6.65. The zero-order valence-corrected chi connectivity index (χ0v) is 16.7. The number of hydrogen-bond donors (Lipinski definition) is 0. The Morgan fingerprint density at radius 1 is 0.769 bits per heavy atom. The second-order valence-electron chi connectivity index (χ2n) is 8.04. The fourth-order valence-electron chi connectivity index (χ4n) is 4.76. The van der Waals surface area contributed by atoms with Gasteiger partial charge in [0.1, 0.15) is 0 Å². The highest BCUT2D eigenvalue weighted by Crippen LogP contribution is 2.25. The largest absolute Gasteiger partial charge is 0.343 e. The van der Waals surface area contributed by atoms with Gasteiger partial charge in [-0.2, -0.15) is 0 Å². The second-order valence-corrected chi connectivity index (χ2v) is 8.04. The molecule has 0 saturated carbocycles. The minimum atomic E-state index is 0.223. The summed E-state index contributed by atoms with van der Waals surface area (Å²) in [6.07, 6.45) is 4.79. The molecule has 3 saturated heterocycles. The summed E-state index contributed by atoms with van der Waals surface area (Å²) in [5, 5.41) is 0. The third kappa shape index (κ3) is 4.58. The standard InChI is InChI=1S/C20H36N4O2/c1-3-19(25)23-11-7-18(8-12-23)22-9-5-17(6-10-22)20(26)24-15-13-21(4-2)14-16-24/h17-18H,3-16H2,1-2H3. The van der Waals surface area contributed by atoms with Crippen molar-refractivity contribution in [2.45, 2.75) is 52.0 Å². The lowest BCUT2D eigenvalue weighted by atomic mass is 9.92. The van der Waals surface area contributed by atoms with Crippen LogP contribution in [0.25, 0.3) is 0 Å². The van der Waals surface area contributed by atoms with Gasteiger partial charge in [-0.3, -0.25) is 9.59 Å². The number of piperazine rings is 1. The first-order valence-corrected chi connectivity index (χ1v) is 10.6. The SMILES string of the molecule is CCC(=O)N1CCC(N2CCC(C(=O)N3CCN(CC)CC3)CC2)CC1. The van der Waals surface area contributed by atoms with E-state index in [1.807, 2.05) is 11.8 Å². The highest BCUT2D eigenvalue weighted by atomic mass is 16.2. The number of likely N-dealkylation sites (tertiary alicyclic amines) is 2. The van der Waals surface area contributed by atoms with Gasteiger partial charge in [-0.25, -0.2) is 0 Å². The molecule has 26 heavy (non-hydrogen) atoms. The summed E-state index contributed by atoms with van der Waals surface area (Å²) in [7, 11) is 0. The molecule has 6 heteroatoms. The van der Waals surface area contributed by atoms with Crippen molar-refractivity contribution >= 4 is 11.8 Å². The van der Waals surface area contributed by atoms with E-state index in [1.54, 1.807) is 0 Å². The summed E-state index contributed by atoms with van der Waals surface area (Å²) in [6, 6.07) is 0.597. The first kappa shape index (κ1) is 19.6. The fraction of sp³-hybridized carbons (Fsp3) is 0.900. The molecule has 0 aromatic rings. The number of carbonyl (C=O) groups excluding carboxylic acids is 2. The van der Waals surface area contributed by atoms with Crippen LogP contribution in [0, 0.1) is 5.92 Å². The van der Waals surface area contributed by atoms with Crippen LogP contribution in [0.2, 0.25) is 0 Å². The highest BCUT2D eigenvalue weighted by molar-refractivity contribution is 5.79. The first-order chi connectivity index (χ1) is 12.6. The van der Waals surface area contributed by atoms with Crippen molar-refractivity contribution in [3.63, 3.8) is 0 Å². The third-order valence-corrected chi connectivity index (χ3v) is 6.65. The Hall–Kier alpha value is -1.14. The van der Waals surface area contributed by atoms with Gasteiger partial charge in [-0.05, 0) is 45.3 Å². The van der Waals surface area contributed by atoms with Gasteiger partial charge in [-0.1, -0.05) is 13.8 Å². The monoisotopic (exact) mass is 364 g/mol. The van der Waals surface area contributed by atoms with Crippen LogP contribution in [0.4, 0.5) is 0 Å². The lowest BCUT2D eigenvalue weighted by Gasteiger charge is -2.42. The van der Waals surface area contributed by atoms with Crippen molar-refractivity contribution in [2.24, 2.45) is 5.92 Å². The molecule has 2 amide bonds. The molecule has 0 radical (unpaired) electrons. The molecule has 3 aliphatic rings. The van der Waals surface area contributed by atoms with Gasteiger partial charge in [-0.15, -0.1) is 0 Å². The zero-order valence-electron chi connectivity index (χ0n) is 16.7. The van der Waals surface area contributed by atoms with E-state index in [1.165, 1.54) is 0 Å². The lowest BCUT2D eigenvalue weighted by molar-refractivity contribution is -0.139. The number of piperidine rings is 2. The number of carbonyl (C=O) groups is 2. The Morgan fingerprint density at radius 2 is 1.38 bits per heavy atom. The molecule has 0 aliphatic carbocycles. The molecule has 0 aromatic carbocycles. The first-order valence-electron chi connectivity index (χ1n) is 10.6. The van der Waals surface area contributed by atoms with Gasteiger partial charge in [0.2, 0.25) is 11.8 Å². The quantitative estimate of drug-likeness (QED) is 0.754. The topological polar surface area (TPSA) is 47.1 Å². The summed E-state index contributed by atoms with van der Waals surface area (Å²) < 4.78 is 0. The molecular formula is C20H36N4O2. The number of nitrogens with zero attached hydrogens (tertiary/aromatic N) is 4. The Labute approximate surface area is 158 Å². The molecule has 0 spiro atoms. The average Bonchev–Trinajstić information content (AvgIpc) is 2.73. The normalized spacial score (nSPS) is 24.8. The number of hydrogen-bond acceptors (Lipinski definition) is 4. The van der Waals surface area contributed by atoms with E-state index < -0.39 is 0 Å². The number of rotatable bonds is 4. The highest BCUT2D eigenvalue weighted by Gasteiger charge is 2.33. The van der Waals surface area contributed by atoms with E-state index in [2.05, 4.69) is 21.6 Å². The predicted octanol–water partition coefficient (Wildman–Crippen LogP) is 1.26. The Bertz CT molecular complexity index is 474. The van der Waals surface area contributed by atoms with Crippen LogP contribution in [-0.2, 0) is 9.59 Å². The van der Waals surface area contributed by atoms with Crippen molar-refractivity contribution in [3.8, 4) is 0 Å². The van der Waals surface area contributed by atoms with Crippen molar-refractivity contribution in [2.75, 3.05) is 58.9 Å². The van der Waals surface area contributed by atoms with Gasteiger partial charge < -0.3 is 19.6 Å². The molecule has 0 unspecified atom stereocenters. The maximum Gasteiger partial charge on any atom is 0.225 e. The average molecular weight is 365 g/mol. The lowest BCUT2D eigenvalue weighted by Crippen LogP contribution is -2.53. The molecule has 3 rings (SSSR count). The van der Waals surface area contributed by atoms with Crippen LogP contribution in [0.5, 0.6) is 0 Å². The molecule has 3 aliphatic heterocycles. The van der Waals surface area contributed by atoms with Crippen molar-refractivity contribution < 1.29 is 9.59 Å². The molecule has 0 aromatic heterocycles. The van der Waals surface area contributed by atoms with Crippen LogP contribution in [0.1, 0.15) is 46.0 Å². The van der Waals surface area contributed by atoms with Crippen LogP contribution >= 0.6 is 0 Å². The van der Waals surface area contributed by atoms with Crippen LogP contribution in [0.15, 0.2) is 0 Å². The summed E-state index contributed by atoms with van der Waals surface area (Å²) in [4.78, 5) is 33.8. The van der Waals surface area contributed by atoms with Gasteiger partial charge >= 0.3 is 0 Å². The Kier molecular flexibility index (Phi) is 6.92. The van der Waals surface area contributed by atoms with Gasteiger partial charge in [0.25, 0.3) is 0 Å². The minimum Gasteiger partial charge on any atom is -0.343 e. The summed E-state index contributed by atoms with van der Waals surface area (Å²) >= 11 is 0. The molecular weight excluding hydrogens is 328 g/mol. The Morgan fingerprint density at radius 3 is 1.92 bits per heavy atom. The maximum atomic E-state index is 12.8. The Balaban J connectivity index is 1.40. The predicted molar refractivity (Wildman–Crippen MR) is 103 cm³/mol. The molecule has 0 bridgehead atoms. The van der Waals surface area contributed by atoms with Crippen LogP contribution in [-0.4, -0.2) is 96.4 Å². The van der Waals surface area contributed by atoms with E-state index >= 15 is 0 Å². The summed E-state index contributed by atoms with van der Waals surface area (Å²) in [5.41, 5.74) is 0. The molecule has 3 fully saturated rings. The van der Waals surface area contributed by atoms with E-state index in [9.17, 15) is 9.59 Å². The van der Waals surface area contributed by atoms with Crippen molar-refractivity contribution in [1.82, 2.24) is 19.6 Å². The van der Waals surface area contributed by atoms with Gasteiger partial charge in [0, 0.05) is 57.6 Å². The molecule has 148 valence electrons. The van der Waals surface area contributed by atoms with Crippen LogP contribution < -0.4 is 0 Å². The fourth-order valence-corrected chi connectivity index (χ4v) is 4.76. The summed E-state index contributed by atoms with van der Waals surface area (Å²) in [5.74, 6) is 0.904. The molecule has 0 atom stereocenters. The van der Waals surface area contributed by atoms with E-state index in [0.29, 0.717) is 18.4 Å². The van der Waals surface area contributed by atoms with Crippen molar-refractivity contribution in [1.29, 1.82) is 0 Å². The molecule has 6 nitrogen and oxygen atoms in total. The summed E-state index contributed by atoms with van der Waals surface area (Å²) in [6.45, 7) is 12.9. The van der Waals surface area contributed by atoms with Crippen LogP contribution in [0.3, 0.4) is 0 Å².